The van der Waals surface area contributed by atoms with Crippen LogP contribution in [0.5, 0.6) is 5.75 Å². The lowest BCUT2D eigenvalue weighted by molar-refractivity contribution is -0.137. The molecule has 1 unspecified atom stereocenters. The zero-order chi connectivity index (χ0) is 23.5. The number of ether oxygens (including phenoxy) is 1. The molecule has 0 bridgehead atoms. The van der Waals surface area contributed by atoms with E-state index < -0.39 is 23.8 Å². The smallest absolute Gasteiger partial charge is 0.418 e. The minimum atomic E-state index is -4.55. The number of thioether (sulfide) groups is 1. The predicted molar refractivity (Wildman–Crippen MR) is 117 cm³/mol. The Kier molecular flexibility index (Phi) is 7.12. The molecular weight excluding hydrogens is 441 g/mol. The molecule has 3 aromatic rings. The Hall–Kier alpha value is -3.01. The number of hydrogen-bond donors (Lipinski definition) is 1. The lowest BCUT2D eigenvalue weighted by Gasteiger charge is -2.15. The van der Waals surface area contributed by atoms with Crippen molar-refractivity contribution >= 4 is 23.4 Å². The molecule has 1 heterocycles. The fourth-order valence-corrected chi connectivity index (χ4v) is 3.72. The van der Waals surface area contributed by atoms with Gasteiger partial charge in [-0.25, -0.2) is 0 Å². The molecule has 2 aromatic carbocycles. The maximum atomic E-state index is 13.1. The van der Waals surface area contributed by atoms with E-state index in [4.69, 9.17) is 4.74 Å². The predicted octanol–water partition coefficient (Wildman–Crippen LogP) is 5.32. The summed E-state index contributed by atoms with van der Waals surface area (Å²) in [5.74, 6) is 0.578. The van der Waals surface area contributed by atoms with E-state index >= 15 is 0 Å². The molecule has 1 aromatic heterocycles. The number of aryl methyl sites for hydroxylation is 2. The van der Waals surface area contributed by atoms with Gasteiger partial charge in [-0.1, -0.05) is 30.0 Å². The third kappa shape index (κ3) is 5.61. The highest BCUT2D eigenvalue weighted by atomic mass is 32.2. The second-order valence-corrected chi connectivity index (χ2v) is 8.23. The van der Waals surface area contributed by atoms with E-state index in [0.717, 1.165) is 23.4 Å². The molecule has 0 aliphatic carbocycles. The van der Waals surface area contributed by atoms with Crippen LogP contribution in [-0.4, -0.2) is 26.4 Å². The van der Waals surface area contributed by atoms with Gasteiger partial charge in [0.05, 0.1) is 17.0 Å². The van der Waals surface area contributed by atoms with Crippen LogP contribution in [0, 0.1) is 13.8 Å². The van der Waals surface area contributed by atoms with Crippen molar-refractivity contribution in [3.63, 3.8) is 0 Å². The number of anilines is 1. The first-order valence-electron chi connectivity index (χ1n) is 9.78. The van der Waals surface area contributed by atoms with Gasteiger partial charge in [0, 0.05) is 7.05 Å². The summed E-state index contributed by atoms with van der Waals surface area (Å²) in [5, 5.41) is 11.0. The van der Waals surface area contributed by atoms with E-state index in [2.05, 4.69) is 15.5 Å². The van der Waals surface area contributed by atoms with E-state index in [1.807, 2.05) is 39.0 Å². The summed E-state index contributed by atoms with van der Waals surface area (Å²) in [6.45, 7) is 5.86. The Labute approximate surface area is 188 Å². The number of nitrogens with one attached hydrogen (secondary N) is 1. The highest BCUT2D eigenvalue weighted by molar-refractivity contribution is 7.99. The molecule has 0 saturated heterocycles. The quantitative estimate of drug-likeness (QED) is 0.479. The van der Waals surface area contributed by atoms with Crippen molar-refractivity contribution in [1.82, 2.24) is 14.8 Å². The number of rotatable bonds is 7. The number of amides is 1. The summed E-state index contributed by atoms with van der Waals surface area (Å²) in [7, 11) is 1.74. The summed E-state index contributed by atoms with van der Waals surface area (Å²) in [6.07, 6.45) is -4.95. The summed E-state index contributed by atoms with van der Waals surface area (Å²) in [5.41, 5.74) is 1.11. The highest BCUT2D eigenvalue weighted by Gasteiger charge is 2.33. The van der Waals surface area contributed by atoms with Crippen LogP contribution in [-0.2, 0) is 18.0 Å². The first-order chi connectivity index (χ1) is 15.1. The fraction of sp³-hybridized carbons (Fsp3) is 0.318. The van der Waals surface area contributed by atoms with Crippen molar-refractivity contribution in [2.24, 2.45) is 7.05 Å². The summed E-state index contributed by atoms with van der Waals surface area (Å²) in [6, 6.07) is 10.7. The van der Waals surface area contributed by atoms with Gasteiger partial charge in [-0.3, -0.25) is 4.79 Å². The molecule has 170 valence electrons. The first-order valence-corrected chi connectivity index (χ1v) is 10.8. The SMILES string of the molecule is Cc1ccc(OC(C)c2nnc(SCC(=O)Nc3ccccc3C(F)(F)F)n2C)cc1C. The Morgan fingerprint density at radius 1 is 1.16 bits per heavy atom. The molecule has 1 amide bonds. The van der Waals surface area contributed by atoms with Crippen molar-refractivity contribution in [3.8, 4) is 5.75 Å². The molecule has 0 radical (unpaired) electrons. The lowest BCUT2D eigenvalue weighted by Crippen LogP contribution is -2.18. The van der Waals surface area contributed by atoms with E-state index in [1.165, 1.54) is 23.8 Å². The average molecular weight is 465 g/mol. The van der Waals surface area contributed by atoms with Crippen LogP contribution >= 0.6 is 11.8 Å². The van der Waals surface area contributed by atoms with Crippen LogP contribution in [0.4, 0.5) is 18.9 Å². The molecular formula is C22H23F3N4O2S. The van der Waals surface area contributed by atoms with Crippen LogP contribution in [0.15, 0.2) is 47.6 Å². The van der Waals surface area contributed by atoms with Crippen molar-refractivity contribution < 1.29 is 22.7 Å². The highest BCUT2D eigenvalue weighted by Crippen LogP contribution is 2.34. The molecule has 0 aliphatic heterocycles. The zero-order valence-electron chi connectivity index (χ0n) is 18.0. The fourth-order valence-electron chi connectivity index (χ4n) is 3.01. The topological polar surface area (TPSA) is 69.0 Å². The molecule has 3 rings (SSSR count). The minimum absolute atomic E-state index is 0.120. The van der Waals surface area contributed by atoms with Gasteiger partial charge in [-0.15, -0.1) is 10.2 Å². The molecule has 10 heteroatoms. The molecule has 0 aliphatic rings. The number of hydrogen-bond acceptors (Lipinski definition) is 5. The van der Waals surface area contributed by atoms with Crippen molar-refractivity contribution in [1.29, 1.82) is 0 Å². The van der Waals surface area contributed by atoms with Gasteiger partial charge in [-0.05, 0) is 56.2 Å². The van der Waals surface area contributed by atoms with Gasteiger partial charge in [0.15, 0.2) is 17.1 Å². The second-order valence-electron chi connectivity index (χ2n) is 7.29. The first kappa shape index (κ1) is 23.6. The van der Waals surface area contributed by atoms with Gasteiger partial charge in [0.1, 0.15) is 5.75 Å². The number of nitrogens with zero attached hydrogens (tertiary/aromatic N) is 3. The monoisotopic (exact) mass is 464 g/mol. The third-order valence-corrected chi connectivity index (χ3v) is 5.88. The molecule has 0 saturated carbocycles. The number of alkyl halides is 3. The number of carbonyl (C=O) groups excluding carboxylic acids is 1. The van der Waals surface area contributed by atoms with E-state index in [1.54, 1.807) is 11.6 Å². The standard InChI is InChI=1S/C22H23F3N4O2S/c1-13-9-10-16(11-14(13)2)31-15(3)20-27-28-21(29(20)4)32-12-19(30)26-18-8-6-5-7-17(18)22(23,24)25/h5-11,15H,12H2,1-4H3,(H,26,30). The van der Waals surface area contributed by atoms with Gasteiger partial charge in [-0.2, -0.15) is 13.2 Å². The minimum Gasteiger partial charge on any atom is -0.483 e. The Morgan fingerprint density at radius 2 is 1.88 bits per heavy atom. The Balaban J connectivity index is 1.62. The largest absolute Gasteiger partial charge is 0.483 e. The van der Waals surface area contributed by atoms with Crippen molar-refractivity contribution in [2.75, 3.05) is 11.1 Å². The Morgan fingerprint density at radius 3 is 2.56 bits per heavy atom. The van der Waals surface area contributed by atoms with Gasteiger partial charge >= 0.3 is 6.18 Å². The molecule has 6 nitrogen and oxygen atoms in total. The van der Waals surface area contributed by atoms with E-state index in [-0.39, 0.29) is 11.4 Å². The molecule has 0 fully saturated rings. The van der Waals surface area contributed by atoms with Crippen LogP contribution in [0.1, 0.15) is 35.5 Å². The molecule has 1 N–H and O–H groups in total. The zero-order valence-corrected chi connectivity index (χ0v) is 18.8. The number of carbonyl (C=O) groups is 1. The lowest BCUT2D eigenvalue weighted by atomic mass is 10.1. The number of para-hydroxylation sites is 1. The van der Waals surface area contributed by atoms with Crippen LogP contribution in [0.3, 0.4) is 0 Å². The van der Waals surface area contributed by atoms with Crippen LogP contribution in [0.25, 0.3) is 0 Å². The Bertz CT molecular complexity index is 1110. The van der Waals surface area contributed by atoms with Gasteiger partial charge in [0.2, 0.25) is 5.91 Å². The number of halogens is 3. The maximum absolute atomic E-state index is 13.1. The van der Waals surface area contributed by atoms with Crippen LogP contribution in [0.2, 0.25) is 0 Å². The summed E-state index contributed by atoms with van der Waals surface area (Å²) in [4.78, 5) is 12.2. The van der Waals surface area contributed by atoms with Gasteiger partial charge < -0.3 is 14.6 Å². The molecule has 0 spiro atoms. The normalized spacial score (nSPS) is 12.5. The maximum Gasteiger partial charge on any atom is 0.418 e. The van der Waals surface area contributed by atoms with Gasteiger partial charge in [0.25, 0.3) is 0 Å². The third-order valence-electron chi connectivity index (χ3n) is 4.86. The van der Waals surface area contributed by atoms with E-state index in [0.29, 0.717) is 16.7 Å². The van der Waals surface area contributed by atoms with E-state index in [9.17, 15) is 18.0 Å². The summed E-state index contributed by atoms with van der Waals surface area (Å²) < 4.78 is 46.9. The average Bonchev–Trinajstić information content (AvgIpc) is 3.09. The molecule has 32 heavy (non-hydrogen) atoms. The van der Waals surface area contributed by atoms with Crippen molar-refractivity contribution in [2.45, 2.75) is 38.2 Å². The molecule has 1 atom stereocenters. The second kappa shape index (κ2) is 9.64. The van der Waals surface area contributed by atoms with Crippen LogP contribution < -0.4 is 10.1 Å². The number of benzene rings is 2. The van der Waals surface area contributed by atoms with Crippen molar-refractivity contribution in [3.05, 3.63) is 65.0 Å². The summed E-state index contributed by atoms with van der Waals surface area (Å²) >= 11 is 1.08. The number of aromatic nitrogens is 3.